The van der Waals surface area contributed by atoms with E-state index < -0.39 is 0 Å². The fraction of sp³-hybridized carbons (Fsp3) is 1.00. The first-order chi connectivity index (χ1) is 8.91. The van der Waals surface area contributed by atoms with Gasteiger partial charge in [-0.15, -0.1) is 0 Å². The second-order valence-corrected chi connectivity index (χ2v) is 9.22. The summed E-state index contributed by atoms with van der Waals surface area (Å²) >= 11 is 0. The van der Waals surface area contributed by atoms with Crippen molar-refractivity contribution < 1.29 is 0 Å². The van der Waals surface area contributed by atoms with Gasteiger partial charge in [0, 0.05) is 0 Å². The van der Waals surface area contributed by atoms with Crippen molar-refractivity contribution in [3.05, 3.63) is 0 Å². The van der Waals surface area contributed by atoms with Gasteiger partial charge in [0.1, 0.15) is 0 Å². The summed E-state index contributed by atoms with van der Waals surface area (Å²) < 4.78 is 0. The number of hydrogen-bond acceptors (Lipinski definition) is 0. The van der Waals surface area contributed by atoms with Crippen molar-refractivity contribution in [2.45, 2.75) is 90.9 Å². The second-order valence-electron chi connectivity index (χ2n) is 5.39. The molecule has 2 unspecified atom stereocenters. The minimum absolute atomic E-state index is 1.28. The predicted molar refractivity (Wildman–Crippen MR) is 93.1 cm³/mol. The summed E-state index contributed by atoms with van der Waals surface area (Å²) in [4.78, 5) is 0. The molecule has 2 heteroatoms. The maximum atomic E-state index is 2.30. The minimum atomic E-state index is 1.28. The maximum Gasteiger partial charge on any atom is -0.0317 e. The molecule has 0 fully saturated rings. The van der Waals surface area contributed by atoms with Crippen LogP contribution in [0.25, 0.3) is 0 Å². The Hall–Kier alpha value is 0.860. The van der Waals surface area contributed by atoms with E-state index >= 15 is 0 Å². The smallest absolute Gasteiger partial charge is 0.0317 e. The first-order valence-corrected chi connectivity index (χ1v) is 11.8. The molecule has 0 aliphatic carbocycles. The zero-order valence-corrected chi connectivity index (χ0v) is 14.9. The number of unbranched alkanes of at least 4 members (excludes halogenated alkanes) is 10. The summed E-state index contributed by atoms with van der Waals surface area (Å²) in [6.45, 7) is 4.59. The Morgan fingerprint density at radius 1 is 0.444 bits per heavy atom. The summed E-state index contributed by atoms with van der Waals surface area (Å²) in [6.07, 6.45) is 20.6. The second kappa shape index (κ2) is 17.9. The van der Waals surface area contributed by atoms with E-state index in [0.29, 0.717) is 0 Å². The van der Waals surface area contributed by atoms with Gasteiger partial charge in [-0.1, -0.05) is 94.6 Å². The van der Waals surface area contributed by atoms with Crippen LogP contribution in [-0.4, -0.2) is 12.3 Å². The molecule has 0 aromatic heterocycles. The lowest BCUT2D eigenvalue weighted by atomic mass is 10.1. The molecule has 0 bridgehead atoms. The van der Waals surface area contributed by atoms with Crippen molar-refractivity contribution in [1.29, 1.82) is 0 Å². The van der Waals surface area contributed by atoms with Crippen molar-refractivity contribution in [3.63, 3.8) is 0 Å². The maximum absolute atomic E-state index is 2.30. The van der Waals surface area contributed by atoms with Crippen LogP contribution in [0.4, 0.5) is 0 Å². The molecular formula is C16H36P2. The van der Waals surface area contributed by atoms with Gasteiger partial charge >= 0.3 is 0 Å². The highest BCUT2D eigenvalue weighted by Crippen LogP contribution is 2.38. The molecule has 0 saturated carbocycles. The van der Waals surface area contributed by atoms with Gasteiger partial charge in [0.15, 0.2) is 0 Å². The van der Waals surface area contributed by atoms with E-state index in [1.165, 1.54) is 106 Å². The molecule has 0 radical (unpaired) electrons. The fourth-order valence-corrected chi connectivity index (χ4v) is 5.49. The van der Waals surface area contributed by atoms with Crippen molar-refractivity contribution in [2.75, 3.05) is 12.3 Å². The zero-order chi connectivity index (χ0) is 13.3. The van der Waals surface area contributed by atoms with Crippen molar-refractivity contribution in [1.82, 2.24) is 0 Å². The Labute approximate surface area is 120 Å². The highest BCUT2D eigenvalue weighted by molar-refractivity contribution is 8.11. The van der Waals surface area contributed by atoms with E-state index in [0.717, 1.165) is 0 Å². The molecule has 2 atom stereocenters. The van der Waals surface area contributed by atoms with Crippen LogP contribution in [0.1, 0.15) is 90.9 Å². The average Bonchev–Trinajstić information content (AvgIpc) is 2.39. The molecule has 18 heavy (non-hydrogen) atoms. The fourth-order valence-electron chi connectivity index (χ4n) is 2.16. The van der Waals surface area contributed by atoms with Gasteiger partial charge in [0.25, 0.3) is 0 Å². The lowest BCUT2D eigenvalue weighted by molar-refractivity contribution is 0.626. The zero-order valence-electron chi connectivity index (χ0n) is 12.9. The first kappa shape index (κ1) is 18.9. The standard InChI is InChI=1S/C16H36P2/c1-3-5-7-9-11-13-15-17-18-16-14-12-10-8-6-4-2/h17-18H,3-16H2,1-2H3. The minimum Gasteiger partial charge on any atom is -0.0992 e. The summed E-state index contributed by atoms with van der Waals surface area (Å²) in [5, 5.41) is 0. The SMILES string of the molecule is CCCCCCCCPPCCCCCCCC. The Morgan fingerprint density at radius 3 is 1.17 bits per heavy atom. The Bertz CT molecular complexity index is 121. The third kappa shape index (κ3) is 16.9. The van der Waals surface area contributed by atoms with Crippen LogP contribution < -0.4 is 0 Å². The van der Waals surface area contributed by atoms with Crippen LogP contribution >= 0.6 is 16.5 Å². The molecule has 0 nitrogen and oxygen atoms in total. The van der Waals surface area contributed by atoms with Gasteiger partial charge in [0.2, 0.25) is 0 Å². The number of rotatable bonds is 15. The largest absolute Gasteiger partial charge is 0.0992 e. The molecule has 0 saturated heterocycles. The van der Waals surface area contributed by atoms with E-state index in [2.05, 4.69) is 13.8 Å². The van der Waals surface area contributed by atoms with Gasteiger partial charge in [-0.05, 0) is 25.2 Å². The van der Waals surface area contributed by atoms with E-state index in [9.17, 15) is 0 Å². The predicted octanol–water partition coefficient (Wildman–Crippen LogP) is 6.98. The van der Waals surface area contributed by atoms with E-state index in [1.807, 2.05) is 0 Å². The monoisotopic (exact) mass is 290 g/mol. The third-order valence-electron chi connectivity index (χ3n) is 3.44. The summed E-state index contributed by atoms with van der Waals surface area (Å²) in [6, 6.07) is 0. The van der Waals surface area contributed by atoms with Crippen LogP contribution in [0.5, 0.6) is 0 Å². The lowest BCUT2D eigenvalue weighted by Crippen LogP contribution is -1.81. The summed E-state index contributed by atoms with van der Waals surface area (Å²) in [5.41, 5.74) is 0. The molecule has 0 aliphatic heterocycles. The summed E-state index contributed by atoms with van der Waals surface area (Å²) in [5.74, 6) is 0. The average molecular weight is 290 g/mol. The van der Waals surface area contributed by atoms with Crippen LogP contribution in [-0.2, 0) is 0 Å². The molecule has 0 spiro atoms. The van der Waals surface area contributed by atoms with Gasteiger partial charge in [0.05, 0.1) is 0 Å². The molecule has 0 aliphatic rings. The molecule has 110 valence electrons. The molecule has 0 rings (SSSR count). The highest BCUT2D eigenvalue weighted by atomic mass is 32.0. The Balaban J connectivity index is 2.86. The Morgan fingerprint density at radius 2 is 0.778 bits per heavy atom. The molecule has 0 amide bonds. The first-order valence-electron chi connectivity index (χ1n) is 8.37. The quantitative estimate of drug-likeness (QED) is 0.225. The Kier molecular flexibility index (Phi) is 18.7. The van der Waals surface area contributed by atoms with Gasteiger partial charge in [-0.2, -0.15) is 0 Å². The van der Waals surface area contributed by atoms with E-state index in [1.54, 1.807) is 0 Å². The molecule has 0 aromatic carbocycles. The van der Waals surface area contributed by atoms with Crippen molar-refractivity contribution in [2.24, 2.45) is 0 Å². The molecule has 0 N–H and O–H groups in total. The van der Waals surface area contributed by atoms with E-state index in [4.69, 9.17) is 0 Å². The normalized spacial score (nSPS) is 12.3. The number of hydrogen-bond donors (Lipinski definition) is 0. The third-order valence-corrected chi connectivity index (χ3v) is 7.14. The molecule has 0 aromatic rings. The van der Waals surface area contributed by atoms with Crippen molar-refractivity contribution >= 4 is 16.5 Å². The van der Waals surface area contributed by atoms with Gasteiger partial charge in [-0.25, -0.2) is 0 Å². The summed E-state index contributed by atoms with van der Waals surface area (Å²) in [7, 11) is 2.57. The van der Waals surface area contributed by atoms with Gasteiger partial charge in [-0.3, -0.25) is 0 Å². The van der Waals surface area contributed by atoms with Gasteiger partial charge < -0.3 is 0 Å². The van der Waals surface area contributed by atoms with Crippen molar-refractivity contribution in [3.8, 4) is 0 Å². The van der Waals surface area contributed by atoms with Crippen LogP contribution in [0.3, 0.4) is 0 Å². The molecule has 0 heterocycles. The van der Waals surface area contributed by atoms with Crippen LogP contribution in [0.15, 0.2) is 0 Å². The van der Waals surface area contributed by atoms with Crippen LogP contribution in [0.2, 0.25) is 0 Å². The van der Waals surface area contributed by atoms with Crippen LogP contribution in [0, 0.1) is 0 Å². The lowest BCUT2D eigenvalue weighted by Gasteiger charge is -2.03. The topological polar surface area (TPSA) is 0 Å². The van der Waals surface area contributed by atoms with E-state index in [-0.39, 0.29) is 0 Å². The highest BCUT2D eigenvalue weighted by Gasteiger charge is 1.93. The molecular weight excluding hydrogens is 254 g/mol.